The highest BCUT2D eigenvalue weighted by molar-refractivity contribution is 7.91. The lowest BCUT2D eigenvalue weighted by Gasteiger charge is -2.14. The Hall–Kier alpha value is -3.06. The van der Waals surface area contributed by atoms with E-state index in [1.165, 1.54) is 31.2 Å². The van der Waals surface area contributed by atoms with Crippen LogP contribution in [0.3, 0.4) is 0 Å². The summed E-state index contributed by atoms with van der Waals surface area (Å²) in [4.78, 5) is 11.2. The fourth-order valence-electron chi connectivity index (χ4n) is 2.96. The second kappa shape index (κ2) is 9.61. The fourth-order valence-corrected chi connectivity index (χ4v) is 4.45. The van der Waals surface area contributed by atoms with Gasteiger partial charge in [-0.05, 0) is 53.6 Å². The van der Waals surface area contributed by atoms with Gasteiger partial charge in [-0.2, -0.15) is 13.5 Å². The molecule has 2 aromatic rings. The van der Waals surface area contributed by atoms with E-state index in [-0.39, 0.29) is 10.8 Å². The minimum Gasteiger partial charge on any atom is -0.326 e. The molecule has 1 amide bonds. The van der Waals surface area contributed by atoms with Crippen molar-refractivity contribution in [3.8, 4) is 0 Å². The third kappa shape index (κ3) is 6.72. The Labute approximate surface area is 185 Å². The van der Waals surface area contributed by atoms with E-state index in [2.05, 4.69) is 20.0 Å². The van der Waals surface area contributed by atoms with Crippen molar-refractivity contribution in [3.05, 3.63) is 59.7 Å². The Morgan fingerprint density at radius 2 is 1.75 bits per heavy atom. The number of nitrogens with one attached hydrogen (secondary N) is 2. The second-order valence-corrected chi connectivity index (χ2v) is 10.1. The number of hydrogen-bond donors (Lipinski definition) is 3. The van der Waals surface area contributed by atoms with E-state index in [1.54, 1.807) is 0 Å². The number of hydrazone groups is 1. The van der Waals surface area contributed by atoms with Gasteiger partial charge in [0.1, 0.15) is 0 Å². The zero-order valence-electron chi connectivity index (χ0n) is 17.0. The summed E-state index contributed by atoms with van der Waals surface area (Å²) < 4.78 is 58.0. The number of sulfone groups is 1. The molecule has 0 aliphatic heterocycles. The van der Waals surface area contributed by atoms with Crippen LogP contribution in [0.5, 0.6) is 0 Å². The van der Waals surface area contributed by atoms with Gasteiger partial charge in [0.05, 0.1) is 28.7 Å². The lowest BCUT2D eigenvalue weighted by atomic mass is 9.95. The van der Waals surface area contributed by atoms with Crippen molar-refractivity contribution >= 4 is 49.3 Å². The standard InChI is InChI=1S/C20H21N3O7S2/c1-14(24)21-18-4-2-15-3-5-19(13-16(15)12-18)23-22-17-6-8-20(9-7-17)31(25,26)11-10-30-32(27,28)29/h2-9,12,22H,10-11,13H2,1H3,(H,21,24)(H,27,28,29). The number of anilines is 2. The minimum atomic E-state index is -4.69. The Balaban J connectivity index is 1.63. The molecule has 1 aliphatic rings. The van der Waals surface area contributed by atoms with Gasteiger partial charge in [-0.3, -0.25) is 14.8 Å². The van der Waals surface area contributed by atoms with Crippen LogP contribution < -0.4 is 10.7 Å². The van der Waals surface area contributed by atoms with Crippen LogP contribution in [0.1, 0.15) is 18.1 Å². The number of allylic oxidation sites excluding steroid dienone is 1. The van der Waals surface area contributed by atoms with Crippen LogP contribution in [0.25, 0.3) is 6.08 Å². The Morgan fingerprint density at radius 1 is 1.06 bits per heavy atom. The Kier molecular flexibility index (Phi) is 7.09. The summed E-state index contributed by atoms with van der Waals surface area (Å²) in [5.74, 6) is -0.754. The van der Waals surface area contributed by atoms with E-state index in [1.807, 2.05) is 30.4 Å². The molecular formula is C20H21N3O7S2. The van der Waals surface area contributed by atoms with Crippen molar-refractivity contribution in [2.45, 2.75) is 18.2 Å². The molecule has 1 aliphatic carbocycles. The highest BCUT2D eigenvalue weighted by atomic mass is 32.3. The first-order valence-electron chi connectivity index (χ1n) is 9.38. The van der Waals surface area contributed by atoms with Gasteiger partial charge in [0, 0.05) is 19.0 Å². The molecule has 0 radical (unpaired) electrons. The quantitative estimate of drug-likeness (QED) is 0.385. The summed E-state index contributed by atoms with van der Waals surface area (Å²) in [6.45, 7) is 0.756. The molecule has 0 atom stereocenters. The molecule has 0 saturated carbocycles. The number of amides is 1. The highest BCUT2D eigenvalue weighted by Gasteiger charge is 2.16. The largest absolute Gasteiger partial charge is 0.397 e. The van der Waals surface area contributed by atoms with Crippen LogP contribution >= 0.6 is 0 Å². The molecule has 3 N–H and O–H groups in total. The maximum Gasteiger partial charge on any atom is 0.397 e. The number of benzene rings is 2. The third-order valence-electron chi connectivity index (χ3n) is 4.42. The molecule has 0 spiro atoms. The average molecular weight is 480 g/mol. The summed E-state index contributed by atoms with van der Waals surface area (Å²) in [5.41, 5.74) is 6.91. The molecule has 170 valence electrons. The first-order chi connectivity index (χ1) is 15.0. The van der Waals surface area contributed by atoms with Crippen LogP contribution in [-0.2, 0) is 35.6 Å². The average Bonchev–Trinajstić information content (AvgIpc) is 2.70. The van der Waals surface area contributed by atoms with E-state index in [4.69, 9.17) is 4.55 Å². The van der Waals surface area contributed by atoms with E-state index in [0.717, 1.165) is 16.8 Å². The Bertz CT molecular complexity index is 1280. The second-order valence-electron chi connectivity index (χ2n) is 6.91. The van der Waals surface area contributed by atoms with Crippen LogP contribution in [0.2, 0.25) is 0 Å². The van der Waals surface area contributed by atoms with E-state index >= 15 is 0 Å². The summed E-state index contributed by atoms with van der Waals surface area (Å²) in [6, 6.07) is 11.4. The van der Waals surface area contributed by atoms with Crippen LogP contribution in [0, 0.1) is 0 Å². The van der Waals surface area contributed by atoms with E-state index < -0.39 is 32.6 Å². The molecule has 3 rings (SSSR count). The van der Waals surface area contributed by atoms with E-state index in [0.29, 0.717) is 17.8 Å². The van der Waals surface area contributed by atoms with Crippen molar-refractivity contribution in [1.29, 1.82) is 0 Å². The lowest BCUT2D eigenvalue weighted by Crippen LogP contribution is -2.15. The zero-order chi connectivity index (χ0) is 23.4. The summed E-state index contributed by atoms with van der Waals surface area (Å²) in [5, 5.41) is 7.09. The normalized spacial score (nSPS) is 14.8. The molecule has 0 unspecified atom stereocenters. The smallest absolute Gasteiger partial charge is 0.326 e. The molecule has 12 heteroatoms. The van der Waals surface area contributed by atoms with Gasteiger partial charge in [-0.25, -0.2) is 12.6 Å². The number of nitrogens with zero attached hydrogens (tertiary/aromatic N) is 1. The van der Waals surface area contributed by atoms with Crippen LogP contribution in [-0.4, -0.2) is 45.4 Å². The van der Waals surface area contributed by atoms with Crippen molar-refractivity contribution in [3.63, 3.8) is 0 Å². The van der Waals surface area contributed by atoms with Gasteiger partial charge in [-0.15, -0.1) is 0 Å². The zero-order valence-corrected chi connectivity index (χ0v) is 18.6. The molecule has 0 saturated heterocycles. The Morgan fingerprint density at radius 3 is 2.41 bits per heavy atom. The maximum atomic E-state index is 12.2. The summed E-state index contributed by atoms with van der Waals surface area (Å²) >= 11 is 0. The summed E-state index contributed by atoms with van der Waals surface area (Å²) in [6.07, 6.45) is 4.33. The number of carbonyl (C=O) groups is 1. The monoisotopic (exact) mass is 479 g/mol. The first kappa shape index (κ1) is 23.6. The summed E-state index contributed by atoms with van der Waals surface area (Å²) in [7, 11) is -8.48. The van der Waals surface area contributed by atoms with Gasteiger partial charge in [0.15, 0.2) is 9.84 Å². The van der Waals surface area contributed by atoms with Gasteiger partial charge in [0.2, 0.25) is 5.91 Å². The number of fused-ring (bicyclic) bond motifs is 1. The van der Waals surface area contributed by atoms with Gasteiger partial charge in [-0.1, -0.05) is 12.1 Å². The number of hydrogen-bond acceptors (Lipinski definition) is 8. The SMILES string of the molecule is CC(=O)Nc1ccc2c(c1)CC(=NNc1ccc(S(=O)(=O)CCOS(=O)(=O)O)cc1)C=C2. The molecule has 0 fully saturated rings. The number of rotatable bonds is 8. The minimum absolute atomic E-state index is 0.0216. The molecule has 0 bridgehead atoms. The van der Waals surface area contributed by atoms with Crippen molar-refractivity contribution in [2.75, 3.05) is 23.1 Å². The molecule has 0 aromatic heterocycles. The fraction of sp³-hybridized carbons (Fsp3) is 0.200. The highest BCUT2D eigenvalue weighted by Crippen LogP contribution is 2.22. The van der Waals surface area contributed by atoms with Gasteiger partial charge >= 0.3 is 10.4 Å². The lowest BCUT2D eigenvalue weighted by molar-refractivity contribution is -0.114. The first-order valence-corrected chi connectivity index (χ1v) is 12.4. The van der Waals surface area contributed by atoms with Crippen molar-refractivity contribution in [1.82, 2.24) is 0 Å². The maximum absolute atomic E-state index is 12.2. The van der Waals surface area contributed by atoms with Crippen molar-refractivity contribution < 1.29 is 30.4 Å². The topological polar surface area (TPSA) is 151 Å². The molecule has 32 heavy (non-hydrogen) atoms. The van der Waals surface area contributed by atoms with Crippen LogP contribution in [0.4, 0.5) is 11.4 Å². The predicted octanol–water partition coefficient (Wildman–Crippen LogP) is 2.28. The van der Waals surface area contributed by atoms with Gasteiger partial charge in [0.25, 0.3) is 0 Å². The molecule has 10 nitrogen and oxygen atoms in total. The van der Waals surface area contributed by atoms with Gasteiger partial charge < -0.3 is 5.32 Å². The number of carbonyl (C=O) groups excluding carboxylic acids is 1. The van der Waals surface area contributed by atoms with E-state index in [9.17, 15) is 21.6 Å². The third-order valence-corrected chi connectivity index (χ3v) is 6.58. The van der Waals surface area contributed by atoms with Crippen molar-refractivity contribution in [2.24, 2.45) is 5.10 Å². The van der Waals surface area contributed by atoms with Crippen LogP contribution in [0.15, 0.2) is 58.5 Å². The predicted molar refractivity (Wildman–Crippen MR) is 121 cm³/mol. The molecular weight excluding hydrogens is 458 g/mol. The molecule has 2 aromatic carbocycles. The molecule has 0 heterocycles.